The zero-order valence-corrected chi connectivity index (χ0v) is 44.6. The van der Waals surface area contributed by atoms with Gasteiger partial charge >= 0.3 is 12.1 Å². The number of rotatable bonds is 21. The van der Waals surface area contributed by atoms with Gasteiger partial charge in [-0.15, -0.1) is 0 Å². The summed E-state index contributed by atoms with van der Waals surface area (Å²) in [4.78, 5) is 93.7. The van der Waals surface area contributed by atoms with Crippen molar-refractivity contribution >= 4 is 41.6 Å². The van der Waals surface area contributed by atoms with Crippen LogP contribution in [0.4, 0.5) is 4.79 Å². The van der Waals surface area contributed by atoms with Crippen molar-refractivity contribution in [3.05, 3.63) is 0 Å². The molecule has 74 heavy (non-hydrogen) atoms. The summed E-state index contributed by atoms with van der Waals surface area (Å²) in [5, 5.41) is 25.3. The molecule has 6 amide bonds. The van der Waals surface area contributed by atoms with Gasteiger partial charge in [-0.25, -0.2) is 4.79 Å². The predicted molar refractivity (Wildman–Crippen MR) is 250 cm³/mol. The molecule has 0 aromatic carbocycles. The Balaban J connectivity index is 1.15. The molecule has 0 aromatic heterocycles. The van der Waals surface area contributed by atoms with E-state index >= 15 is 0 Å². The SMILES string of the molecule is CO[C@@H]1[C@H]2OC(C)(C)O[C@H]2O[C@@H]1[C@H](CC(=O)N[C@@H](C)C(=O)N[C@@H](CC(=O)N[C@@H](C)C(=O)N[C@@H](CC(=O)N[C@@H](C)C(=O)O)[C@H]1O[C@@H]2OC(C)(C)O[C@@H]2[C@H]1OC)[C@H]1O[C@@H]2OC(C)(C)O[C@@H]2[C@H]1OC)NC(=O)OC(C)(C)C. The van der Waals surface area contributed by atoms with Gasteiger partial charge < -0.3 is 98.6 Å². The summed E-state index contributed by atoms with van der Waals surface area (Å²) in [7, 11) is 4.23. The topological polar surface area (TPSA) is 332 Å². The van der Waals surface area contributed by atoms with Crippen molar-refractivity contribution in [3.8, 4) is 0 Å². The molecule has 0 radical (unpaired) electrons. The summed E-state index contributed by atoms with van der Waals surface area (Å²) < 4.78 is 77.1. The monoisotopic (exact) mass is 1060 g/mol. The van der Waals surface area contributed by atoms with Crippen molar-refractivity contribution in [2.45, 2.75) is 235 Å². The maximum Gasteiger partial charge on any atom is 0.407 e. The second-order valence-corrected chi connectivity index (χ2v) is 21.6. The average molecular weight is 1060 g/mol. The van der Waals surface area contributed by atoms with E-state index in [1.165, 1.54) is 42.1 Å². The summed E-state index contributed by atoms with van der Waals surface area (Å²) in [6.07, 6.45) is -12.8. The Hall–Kier alpha value is -4.39. The lowest BCUT2D eigenvalue weighted by molar-refractivity contribution is -0.220. The van der Waals surface area contributed by atoms with Crippen LogP contribution in [0.5, 0.6) is 0 Å². The highest BCUT2D eigenvalue weighted by atomic mass is 16.9. The molecule has 6 rings (SSSR count). The molecule has 18 atom stereocenters. The van der Waals surface area contributed by atoms with Crippen molar-refractivity contribution in [2.24, 2.45) is 0 Å². The molecule has 0 aliphatic carbocycles. The molecule has 27 heteroatoms. The fraction of sp³-hybridized carbons (Fsp3) is 0.851. The summed E-state index contributed by atoms with van der Waals surface area (Å²) >= 11 is 0. The van der Waals surface area contributed by atoms with E-state index in [2.05, 4.69) is 31.9 Å². The molecular weight excluding hydrogens is 985 g/mol. The van der Waals surface area contributed by atoms with Gasteiger partial charge in [0.25, 0.3) is 0 Å². The van der Waals surface area contributed by atoms with Crippen LogP contribution in [0.2, 0.25) is 0 Å². The molecular formula is C47H76N6O21. The maximum atomic E-state index is 14.1. The minimum Gasteiger partial charge on any atom is -0.480 e. The summed E-state index contributed by atoms with van der Waals surface area (Å²) in [5.74, 6) is -8.04. The Labute approximate surface area is 429 Å². The number of carboxylic acids is 1. The second kappa shape index (κ2) is 23.1. The number of ether oxygens (including phenoxy) is 13. The smallest absolute Gasteiger partial charge is 0.407 e. The van der Waals surface area contributed by atoms with Crippen LogP contribution < -0.4 is 31.9 Å². The van der Waals surface area contributed by atoms with Crippen molar-refractivity contribution in [1.82, 2.24) is 31.9 Å². The van der Waals surface area contributed by atoms with Gasteiger partial charge in [-0.1, -0.05) is 0 Å². The first-order valence-electron chi connectivity index (χ1n) is 24.7. The molecule has 0 bridgehead atoms. The largest absolute Gasteiger partial charge is 0.480 e. The van der Waals surface area contributed by atoms with Crippen LogP contribution in [0, 0.1) is 0 Å². The van der Waals surface area contributed by atoms with E-state index in [1.54, 1.807) is 62.3 Å². The Morgan fingerprint density at radius 3 is 1.07 bits per heavy atom. The fourth-order valence-electron chi connectivity index (χ4n) is 9.80. The van der Waals surface area contributed by atoms with Gasteiger partial charge in [-0.05, 0) is 83.1 Å². The Morgan fingerprint density at radius 2 is 0.784 bits per heavy atom. The molecule has 7 N–H and O–H groups in total. The third-order valence-electron chi connectivity index (χ3n) is 12.9. The lowest BCUT2D eigenvalue weighted by Gasteiger charge is -2.32. The first-order valence-corrected chi connectivity index (χ1v) is 24.7. The van der Waals surface area contributed by atoms with Gasteiger partial charge in [0.2, 0.25) is 29.5 Å². The standard InChI is InChI=1S/C47H76N6O21/c1-19(37(57)52-23(17-27(56)50-21(3)39(59)60)29-32(63-14)35-41(66-29)72-46(9,10)69-35)48-25(54)16-22(28-31(62-13)34-40(65-28)71-45(7,8)68-34)51-38(58)20(2)49-26(55)18-24(53-43(61)74-44(4,5)6)30-33(64-15)36-42(67-30)73-47(11,12)70-36/h19-24,28-36,40-42H,16-18H2,1-15H3,(H,48,54)(H,49,55)(H,50,56)(H,51,58)(H,52,57)(H,53,61)(H,59,60)/t19-,20-,21-,22-,23-,24-,28+,29+,30+,31-,32-,33-,34+,35+,36+,40+,41+,42+/m0/s1. The molecule has 6 aliphatic heterocycles. The van der Waals surface area contributed by atoms with Crippen LogP contribution >= 0.6 is 0 Å². The minimum absolute atomic E-state index is 0.422. The highest BCUT2D eigenvalue weighted by molar-refractivity contribution is 5.90. The molecule has 27 nitrogen and oxygen atoms in total. The Kier molecular flexibility index (Phi) is 18.3. The number of amides is 6. The van der Waals surface area contributed by atoms with E-state index in [0.717, 1.165) is 0 Å². The number of aliphatic carboxylic acids is 1. The van der Waals surface area contributed by atoms with E-state index in [9.17, 15) is 38.7 Å². The van der Waals surface area contributed by atoms with Crippen LogP contribution in [0.1, 0.15) is 102 Å². The van der Waals surface area contributed by atoms with E-state index < -0.39 is 194 Å². The van der Waals surface area contributed by atoms with Crippen molar-refractivity contribution < 1.29 is 100 Å². The highest BCUT2D eigenvalue weighted by Crippen LogP contribution is 2.42. The highest BCUT2D eigenvalue weighted by Gasteiger charge is 2.60. The zero-order valence-electron chi connectivity index (χ0n) is 44.6. The van der Waals surface area contributed by atoms with Crippen molar-refractivity contribution in [1.29, 1.82) is 0 Å². The summed E-state index contributed by atoms with van der Waals surface area (Å²) in [6, 6.07) is -7.22. The number of fused-ring (bicyclic) bond motifs is 3. The van der Waals surface area contributed by atoms with Gasteiger partial charge in [-0.3, -0.25) is 28.8 Å². The predicted octanol–water partition coefficient (Wildman–Crippen LogP) is -0.708. The second-order valence-electron chi connectivity index (χ2n) is 21.6. The molecule has 6 saturated heterocycles. The van der Waals surface area contributed by atoms with Gasteiger partial charge in [0.15, 0.2) is 36.2 Å². The summed E-state index contributed by atoms with van der Waals surface area (Å²) in [5.41, 5.74) is -0.890. The molecule has 0 spiro atoms. The number of hydrogen-bond donors (Lipinski definition) is 7. The third-order valence-corrected chi connectivity index (χ3v) is 12.9. The molecule has 6 aliphatic rings. The quantitative estimate of drug-likeness (QED) is 0.0747. The number of nitrogens with one attached hydrogen (secondary N) is 6. The van der Waals surface area contributed by atoms with Crippen LogP contribution in [-0.4, -0.2) is 201 Å². The normalized spacial score (nSPS) is 33.6. The number of carbonyl (C=O) groups is 7. The number of hydrogen-bond acceptors (Lipinski definition) is 20. The average Bonchev–Trinajstić information content (AvgIpc) is 4.08. The number of carbonyl (C=O) groups excluding carboxylic acids is 6. The third kappa shape index (κ3) is 14.3. The van der Waals surface area contributed by atoms with E-state index in [0.29, 0.717) is 0 Å². The summed E-state index contributed by atoms with van der Waals surface area (Å²) in [6.45, 7) is 19.3. The van der Waals surface area contributed by atoms with Gasteiger partial charge in [0.1, 0.15) is 78.7 Å². The van der Waals surface area contributed by atoms with E-state index in [4.69, 9.17) is 61.6 Å². The van der Waals surface area contributed by atoms with Crippen molar-refractivity contribution in [2.75, 3.05) is 21.3 Å². The van der Waals surface area contributed by atoms with Crippen LogP contribution in [0.3, 0.4) is 0 Å². The molecule has 0 aromatic rings. The van der Waals surface area contributed by atoms with Crippen LogP contribution in [0.25, 0.3) is 0 Å². The van der Waals surface area contributed by atoms with E-state index in [1.807, 2.05) is 0 Å². The first kappa shape index (κ1) is 58.9. The molecule has 6 heterocycles. The van der Waals surface area contributed by atoms with E-state index in [-0.39, 0.29) is 0 Å². The number of alkyl carbamates (subject to hydrolysis) is 1. The van der Waals surface area contributed by atoms with Crippen LogP contribution in [-0.2, 0) is 90.3 Å². The van der Waals surface area contributed by atoms with Crippen LogP contribution in [0.15, 0.2) is 0 Å². The van der Waals surface area contributed by atoms with Gasteiger partial charge in [-0.2, -0.15) is 0 Å². The first-order chi connectivity index (χ1) is 34.3. The van der Waals surface area contributed by atoms with Crippen molar-refractivity contribution in [3.63, 3.8) is 0 Å². The fourth-order valence-corrected chi connectivity index (χ4v) is 9.80. The zero-order chi connectivity index (χ0) is 55.0. The number of carboxylic acid groups (broad SMARTS) is 1. The lowest BCUT2D eigenvalue weighted by Crippen LogP contribution is -2.58. The molecule has 0 unspecified atom stereocenters. The Morgan fingerprint density at radius 1 is 0.486 bits per heavy atom. The Bertz CT molecular complexity index is 2070. The van der Waals surface area contributed by atoms with Gasteiger partial charge in [0, 0.05) is 40.6 Å². The van der Waals surface area contributed by atoms with Gasteiger partial charge in [0.05, 0.1) is 18.1 Å². The minimum atomic E-state index is -1.28. The maximum absolute atomic E-state index is 14.1. The number of methoxy groups -OCH3 is 3. The lowest BCUT2D eigenvalue weighted by atomic mass is 9.98. The molecule has 0 saturated carbocycles. The molecule has 420 valence electrons. The molecule has 6 fully saturated rings.